The van der Waals surface area contributed by atoms with Gasteiger partial charge in [0.1, 0.15) is 0 Å². The van der Waals surface area contributed by atoms with Crippen molar-refractivity contribution < 1.29 is 0 Å². The van der Waals surface area contributed by atoms with Gasteiger partial charge in [-0.2, -0.15) is 0 Å². The highest BCUT2D eigenvalue weighted by Gasteiger charge is 2.26. The predicted octanol–water partition coefficient (Wildman–Crippen LogP) is 3.47. The molecule has 0 aromatic heterocycles. The number of hydrogen-bond acceptors (Lipinski definition) is 3. The van der Waals surface area contributed by atoms with Crippen molar-refractivity contribution in [3.63, 3.8) is 0 Å². The lowest BCUT2D eigenvalue weighted by atomic mass is 10.1. The molecule has 2 aliphatic heterocycles. The van der Waals surface area contributed by atoms with Gasteiger partial charge in [0.05, 0.1) is 5.37 Å². The molecule has 0 amide bonds. The van der Waals surface area contributed by atoms with Crippen molar-refractivity contribution in [1.29, 1.82) is 0 Å². The van der Waals surface area contributed by atoms with Crippen molar-refractivity contribution in [3.05, 3.63) is 29.8 Å². The molecular formula is C17H26N2S. The Labute approximate surface area is 127 Å². The highest BCUT2D eigenvalue weighted by Crippen LogP contribution is 2.37. The van der Waals surface area contributed by atoms with Crippen molar-refractivity contribution in [2.75, 3.05) is 32.7 Å². The second-order valence-corrected chi connectivity index (χ2v) is 7.17. The van der Waals surface area contributed by atoms with Crippen LogP contribution in [0.4, 0.5) is 0 Å². The fraction of sp³-hybridized carbons (Fsp3) is 0.647. The molecule has 0 spiro atoms. The van der Waals surface area contributed by atoms with Crippen LogP contribution in [0.5, 0.6) is 0 Å². The lowest BCUT2D eigenvalue weighted by molar-refractivity contribution is 0.239. The number of aryl methyl sites for hydroxylation is 1. The fourth-order valence-electron chi connectivity index (χ4n) is 3.39. The third-order valence-corrected chi connectivity index (χ3v) is 5.92. The molecule has 3 heteroatoms. The van der Waals surface area contributed by atoms with E-state index in [1.807, 2.05) is 0 Å². The first-order valence-electron chi connectivity index (χ1n) is 8.08. The predicted molar refractivity (Wildman–Crippen MR) is 87.3 cm³/mol. The molecule has 110 valence electrons. The zero-order chi connectivity index (χ0) is 13.8. The van der Waals surface area contributed by atoms with Gasteiger partial charge >= 0.3 is 0 Å². The minimum absolute atomic E-state index is 0.700. The minimum atomic E-state index is 0.700. The van der Waals surface area contributed by atoms with Crippen LogP contribution in [0.15, 0.2) is 29.2 Å². The summed E-state index contributed by atoms with van der Waals surface area (Å²) in [5, 5.41) is 0.700. The van der Waals surface area contributed by atoms with Crippen LogP contribution in [0.2, 0.25) is 0 Å². The van der Waals surface area contributed by atoms with Crippen LogP contribution in [0.3, 0.4) is 0 Å². The number of hydrogen-bond donors (Lipinski definition) is 0. The topological polar surface area (TPSA) is 6.48 Å². The van der Waals surface area contributed by atoms with E-state index in [0.29, 0.717) is 5.37 Å². The quantitative estimate of drug-likeness (QED) is 0.841. The largest absolute Gasteiger partial charge is 0.302 e. The second-order valence-electron chi connectivity index (χ2n) is 5.95. The maximum atomic E-state index is 2.73. The van der Waals surface area contributed by atoms with Crippen molar-refractivity contribution >= 4 is 11.8 Å². The number of rotatable bonds is 3. The molecule has 1 atom stereocenters. The average Bonchev–Trinajstić information content (AvgIpc) is 2.73. The summed E-state index contributed by atoms with van der Waals surface area (Å²) in [5.41, 5.74) is 1.55. The lowest BCUT2D eigenvalue weighted by Gasteiger charge is -2.33. The van der Waals surface area contributed by atoms with E-state index in [-0.39, 0.29) is 0 Å². The molecule has 2 nitrogen and oxygen atoms in total. The van der Waals surface area contributed by atoms with Crippen LogP contribution >= 0.6 is 11.8 Å². The van der Waals surface area contributed by atoms with E-state index in [4.69, 9.17) is 0 Å². The minimum Gasteiger partial charge on any atom is -0.302 e. The maximum absolute atomic E-state index is 2.73. The van der Waals surface area contributed by atoms with Gasteiger partial charge in [-0.05, 0) is 50.4 Å². The molecule has 20 heavy (non-hydrogen) atoms. The molecule has 0 saturated carbocycles. The first kappa shape index (κ1) is 14.4. The van der Waals surface area contributed by atoms with E-state index in [1.165, 1.54) is 63.3 Å². The SMILES string of the molecule is CCCN1CCCN(C2CCc3ccccc3S2)CC1. The first-order chi connectivity index (χ1) is 9.86. The Morgan fingerprint density at radius 2 is 2.05 bits per heavy atom. The van der Waals surface area contributed by atoms with Crippen LogP contribution in [0.1, 0.15) is 31.7 Å². The van der Waals surface area contributed by atoms with Gasteiger partial charge in [0, 0.05) is 24.5 Å². The Morgan fingerprint density at radius 3 is 2.95 bits per heavy atom. The Hall–Kier alpha value is -0.510. The Kier molecular flexibility index (Phi) is 5.03. The molecule has 1 aromatic rings. The Bertz CT molecular complexity index is 435. The monoisotopic (exact) mass is 290 g/mol. The van der Waals surface area contributed by atoms with Crippen LogP contribution < -0.4 is 0 Å². The summed E-state index contributed by atoms with van der Waals surface area (Å²) in [6, 6.07) is 8.95. The molecule has 0 radical (unpaired) electrons. The zero-order valence-electron chi connectivity index (χ0n) is 12.6. The molecule has 0 N–H and O–H groups in total. The van der Waals surface area contributed by atoms with Crippen LogP contribution in [0, 0.1) is 0 Å². The standard InChI is InChI=1S/C17H26N2S/c1-2-10-18-11-5-12-19(14-13-18)17-9-8-15-6-3-4-7-16(15)20-17/h3-4,6-7,17H,2,5,8-14H2,1H3. The molecule has 0 aliphatic carbocycles. The molecule has 1 unspecified atom stereocenters. The molecule has 1 saturated heterocycles. The summed E-state index contributed by atoms with van der Waals surface area (Å²) in [5.74, 6) is 0. The molecule has 1 aromatic carbocycles. The highest BCUT2D eigenvalue weighted by atomic mass is 32.2. The van der Waals surface area contributed by atoms with Crippen molar-refractivity contribution in [1.82, 2.24) is 9.80 Å². The molecular weight excluding hydrogens is 264 g/mol. The van der Waals surface area contributed by atoms with Crippen LogP contribution in [0.25, 0.3) is 0 Å². The number of thioether (sulfide) groups is 1. The summed E-state index contributed by atoms with van der Waals surface area (Å²) < 4.78 is 0. The smallest absolute Gasteiger partial charge is 0.0608 e. The van der Waals surface area contributed by atoms with E-state index in [1.54, 1.807) is 5.56 Å². The highest BCUT2D eigenvalue weighted by molar-refractivity contribution is 8.00. The third-order valence-electron chi connectivity index (χ3n) is 4.47. The zero-order valence-corrected chi connectivity index (χ0v) is 13.4. The van der Waals surface area contributed by atoms with Crippen molar-refractivity contribution in [2.45, 2.75) is 42.9 Å². The van der Waals surface area contributed by atoms with E-state index in [2.05, 4.69) is 52.8 Å². The Morgan fingerprint density at radius 1 is 1.15 bits per heavy atom. The van der Waals surface area contributed by atoms with Gasteiger partial charge in [-0.15, -0.1) is 11.8 Å². The van der Waals surface area contributed by atoms with Gasteiger partial charge in [-0.1, -0.05) is 25.1 Å². The lowest BCUT2D eigenvalue weighted by Crippen LogP contribution is -2.38. The van der Waals surface area contributed by atoms with Gasteiger partial charge in [-0.25, -0.2) is 0 Å². The van der Waals surface area contributed by atoms with Gasteiger partial charge in [-0.3, -0.25) is 4.90 Å². The summed E-state index contributed by atoms with van der Waals surface area (Å²) in [7, 11) is 0. The van der Waals surface area contributed by atoms with E-state index in [9.17, 15) is 0 Å². The second kappa shape index (κ2) is 6.97. The number of benzene rings is 1. The first-order valence-corrected chi connectivity index (χ1v) is 8.96. The van der Waals surface area contributed by atoms with E-state index < -0.39 is 0 Å². The van der Waals surface area contributed by atoms with Crippen LogP contribution in [-0.4, -0.2) is 47.9 Å². The molecule has 3 rings (SSSR count). The maximum Gasteiger partial charge on any atom is 0.0608 e. The number of fused-ring (bicyclic) bond motifs is 1. The molecule has 2 heterocycles. The summed E-state index contributed by atoms with van der Waals surface area (Å²) in [6.07, 6.45) is 5.18. The van der Waals surface area contributed by atoms with Gasteiger partial charge in [0.2, 0.25) is 0 Å². The fourth-order valence-corrected chi connectivity index (χ4v) is 4.75. The third kappa shape index (κ3) is 3.38. The van der Waals surface area contributed by atoms with Gasteiger partial charge in [0.25, 0.3) is 0 Å². The molecule has 2 aliphatic rings. The van der Waals surface area contributed by atoms with E-state index >= 15 is 0 Å². The summed E-state index contributed by atoms with van der Waals surface area (Å²) in [4.78, 5) is 6.89. The summed E-state index contributed by atoms with van der Waals surface area (Å²) >= 11 is 2.09. The van der Waals surface area contributed by atoms with Crippen LogP contribution in [-0.2, 0) is 6.42 Å². The van der Waals surface area contributed by atoms with Gasteiger partial charge < -0.3 is 4.90 Å². The normalized spacial score (nSPS) is 25.1. The van der Waals surface area contributed by atoms with Gasteiger partial charge in [0.15, 0.2) is 0 Å². The molecule has 0 bridgehead atoms. The van der Waals surface area contributed by atoms with E-state index in [0.717, 1.165) is 0 Å². The van der Waals surface area contributed by atoms with Crippen molar-refractivity contribution in [3.8, 4) is 0 Å². The Balaban J connectivity index is 1.60. The average molecular weight is 290 g/mol. The van der Waals surface area contributed by atoms with Crippen molar-refractivity contribution in [2.24, 2.45) is 0 Å². The molecule has 1 fully saturated rings. The number of nitrogens with zero attached hydrogens (tertiary/aromatic N) is 2. The summed E-state index contributed by atoms with van der Waals surface area (Å²) in [6.45, 7) is 8.63.